The Labute approximate surface area is 139 Å². The lowest BCUT2D eigenvalue weighted by Crippen LogP contribution is -2.52. The van der Waals surface area contributed by atoms with Gasteiger partial charge in [0.25, 0.3) is 0 Å². The lowest BCUT2D eigenvalue weighted by molar-refractivity contribution is -0.169. The zero-order valence-corrected chi connectivity index (χ0v) is 16.5. The van der Waals surface area contributed by atoms with Gasteiger partial charge in [-0.15, -0.1) is 0 Å². The molecule has 0 aromatic carbocycles. The molecule has 0 aliphatic rings. The molecule has 0 saturated carbocycles. The van der Waals surface area contributed by atoms with E-state index in [2.05, 4.69) is 48.5 Å². The Morgan fingerprint density at radius 1 is 0.773 bits per heavy atom. The van der Waals surface area contributed by atoms with Gasteiger partial charge in [-0.2, -0.15) is 0 Å². The molecule has 0 unspecified atom stereocenters. The Morgan fingerprint density at radius 3 is 1.45 bits per heavy atom. The molecular formula is C19H40O3. The largest absolute Gasteiger partial charge is 0.384 e. The van der Waals surface area contributed by atoms with Crippen LogP contribution in [0.1, 0.15) is 67.7 Å². The Balaban J connectivity index is 5.49. The number of ether oxygens (including phenoxy) is 3. The number of hydrogen-bond donors (Lipinski definition) is 0. The van der Waals surface area contributed by atoms with Gasteiger partial charge in [0.1, 0.15) is 0 Å². The van der Waals surface area contributed by atoms with Gasteiger partial charge < -0.3 is 14.2 Å². The molecule has 22 heavy (non-hydrogen) atoms. The molecule has 0 bridgehead atoms. The summed E-state index contributed by atoms with van der Waals surface area (Å²) < 4.78 is 17.7. The van der Waals surface area contributed by atoms with Crippen LogP contribution in [-0.2, 0) is 14.2 Å². The van der Waals surface area contributed by atoms with Crippen LogP contribution in [0.2, 0.25) is 0 Å². The highest BCUT2D eigenvalue weighted by molar-refractivity contribution is 4.96. The molecule has 0 atom stereocenters. The fraction of sp³-hybridized carbons (Fsp3) is 1.00. The van der Waals surface area contributed by atoms with Crippen molar-refractivity contribution in [3.8, 4) is 0 Å². The van der Waals surface area contributed by atoms with Crippen LogP contribution in [0.5, 0.6) is 0 Å². The minimum absolute atomic E-state index is 0.0280. The first-order valence-corrected chi connectivity index (χ1v) is 8.82. The molecule has 0 saturated heterocycles. The second-order valence-corrected chi connectivity index (χ2v) is 7.56. The summed E-state index contributed by atoms with van der Waals surface area (Å²) in [6, 6.07) is 0. The lowest BCUT2D eigenvalue weighted by atomic mass is 9.61. The molecule has 0 aromatic rings. The van der Waals surface area contributed by atoms with Gasteiger partial charge >= 0.3 is 0 Å². The molecule has 0 radical (unpaired) electrons. The highest BCUT2D eigenvalue weighted by Crippen LogP contribution is 2.46. The van der Waals surface area contributed by atoms with Crippen LogP contribution in [0.15, 0.2) is 0 Å². The second-order valence-electron chi connectivity index (χ2n) is 7.56. The Kier molecular flexibility index (Phi) is 9.19. The zero-order chi connectivity index (χ0) is 17.4. The van der Waals surface area contributed by atoms with Gasteiger partial charge in [0.2, 0.25) is 0 Å². The molecule has 0 aliphatic carbocycles. The SMILES string of the molecule is CCC(CC)(CC)OCC(COC)(COC)C(C)(C)C(C)C. The fourth-order valence-corrected chi connectivity index (χ4v) is 3.20. The van der Waals surface area contributed by atoms with Crippen LogP contribution in [0.3, 0.4) is 0 Å². The summed E-state index contributed by atoms with van der Waals surface area (Å²) in [5, 5.41) is 0. The third-order valence-electron chi connectivity index (χ3n) is 6.24. The van der Waals surface area contributed by atoms with Gasteiger partial charge in [-0.3, -0.25) is 0 Å². The number of hydrogen-bond acceptors (Lipinski definition) is 3. The summed E-state index contributed by atoms with van der Waals surface area (Å²) in [5.41, 5.74) is -0.116. The van der Waals surface area contributed by atoms with Crippen molar-refractivity contribution < 1.29 is 14.2 Å². The molecule has 0 N–H and O–H groups in total. The van der Waals surface area contributed by atoms with E-state index in [1.807, 2.05) is 0 Å². The molecule has 0 rings (SSSR count). The quantitative estimate of drug-likeness (QED) is 0.511. The van der Waals surface area contributed by atoms with Crippen molar-refractivity contribution in [2.75, 3.05) is 34.0 Å². The summed E-state index contributed by atoms with van der Waals surface area (Å²) in [4.78, 5) is 0. The average Bonchev–Trinajstić information content (AvgIpc) is 2.49. The first kappa shape index (κ1) is 21.9. The van der Waals surface area contributed by atoms with E-state index in [0.29, 0.717) is 25.7 Å². The normalized spacial score (nSPS) is 13.9. The van der Waals surface area contributed by atoms with Crippen LogP contribution < -0.4 is 0 Å². The Hall–Kier alpha value is -0.120. The Morgan fingerprint density at radius 2 is 1.18 bits per heavy atom. The molecule has 134 valence electrons. The smallest absolute Gasteiger partial charge is 0.0675 e. The molecule has 3 nitrogen and oxygen atoms in total. The highest BCUT2D eigenvalue weighted by Gasteiger charge is 2.48. The summed E-state index contributed by atoms with van der Waals surface area (Å²) in [6.07, 6.45) is 3.12. The molecule has 0 spiro atoms. The molecule has 0 heterocycles. The predicted molar refractivity (Wildman–Crippen MR) is 94.4 cm³/mol. The molecule has 0 amide bonds. The van der Waals surface area contributed by atoms with Crippen molar-refractivity contribution in [3.05, 3.63) is 0 Å². The molecule has 0 fully saturated rings. The van der Waals surface area contributed by atoms with Gasteiger partial charge in [-0.1, -0.05) is 48.5 Å². The van der Waals surface area contributed by atoms with Crippen molar-refractivity contribution in [2.24, 2.45) is 16.7 Å². The third kappa shape index (κ3) is 4.69. The minimum Gasteiger partial charge on any atom is -0.384 e. The van der Waals surface area contributed by atoms with E-state index in [1.165, 1.54) is 0 Å². The van der Waals surface area contributed by atoms with E-state index >= 15 is 0 Å². The standard InChI is InChI=1S/C19H40O3/c1-10-19(11-2,12-3)22-15-18(13-20-8,14-21-9)17(6,7)16(4)5/h16H,10-15H2,1-9H3. The van der Waals surface area contributed by atoms with Crippen molar-refractivity contribution >= 4 is 0 Å². The van der Waals surface area contributed by atoms with Crippen molar-refractivity contribution in [1.29, 1.82) is 0 Å². The number of methoxy groups -OCH3 is 2. The van der Waals surface area contributed by atoms with E-state index in [0.717, 1.165) is 19.3 Å². The zero-order valence-electron chi connectivity index (χ0n) is 16.5. The molecule has 0 aromatic heterocycles. The van der Waals surface area contributed by atoms with Gasteiger partial charge in [0.05, 0.1) is 25.4 Å². The highest BCUT2D eigenvalue weighted by atomic mass is 16.5. The fourth-order valence-electron chi connectivity index (χ4n) is 3.20. The molecule has 0 aliphatic heterocycles. The predicted octanol–water partition coefficient (Wildman–Crippen LogP) is 4.93. The van der Waals surface area contributed by atoms with Gasteiger partial charge in [-0.25, -0.2) is 0 Å². The number of rotatable bonds is 12. The summed E-state index contributed by atoms with van der Waals surface area (Å²) in [5.74, 6) is 0.515. The van der Waals surface area contributed by atoms with Crippen molar-refractivity contribution in [3.63, 3.8) is 0 Å². The van der Waals surface area contributed by atoms with Gasteiger partial charge in [0, 0.05) is 19.6 Å². The maximum absolute atomic E-state index is 6.52. The maximum atomic E-state index is 6.52. The van der Waals surface area contributed by atoms with E-state index < -0.39 is 0 Å². The van der Waals surface area contributed by atoms with Crippen LogP contribution in [0.4, 0.5) is 0 Å². The average molecular weight is 317 g/mol. The summed E-state index contributed by atoms with van der Waals surface area (Å²) in [7, 11) is 3.54. The van der Waals surface area contributed by atoms with Crippen molar-refractivity contribution in [2.45, 2.75) is 73.3 Å². The minimum atomic E-state index is -0.143. The first-order chi connectivity index (χ1) is 10.2. The maximum Gasteiger partial charge on any atom is 0.0675 e. The topological polar surface area (TPSA) is 27.7 Å². The van der Waals surface area contributed by atoms with Gasteiger partial charge in [-0.05, 0) is 30.6 Å². The van der Waals surface area contributed by atoms with Gasteiger partial charge in [0.15, 0.2) is 0 Å². The van der Waals surface area contributed by atoms with E-state index in [1.54, 1.807) is 14.2 Å². The lowest BCUT2D eigenvalue weighted by Gasteiger charge is -2.50. The monoisotopic (exact) mass is 316 g/mol. The van der Waals surface area contributed by atoms with Crippen LogP contribution in [0, 0.1) is 16.7 Å². The van der Waals surface area contributed by atoms with Crippen molar-refractivity contribution in [1.82, 2.24) is 0 Å². The van der Waals surface area contributed by atoms with E-state index in [4.69, 9.17) is 14.2 Å². The van der Waals surface area contributed by atoms with Crippen LogP contribution >= 0.6 is 0 Å². The summed E-state index contributed by atoms with van der Waals surface area (Å²) >= 11 is 0. The molecule has 3 heteroatoms. The van der Waals surface area contributed by atoms with E-state index in [9.17, 15) is 0 Å². The first-order valence-electron chi connectivity index (χ1n) is 8.82. The van der Waals surface area contributed by atoms with Crippen LogP contribution in [0.25, 0.3) is 0 Å². The second kappa shape index (κ2) is 9.24. The third-order valence-corrected chi connectivity index (χ3v) is 6.24. The summed E-state index contributed by atoms with van der Waals surface area (Å²) in [6.45, 7) is 17.8. The molecular weight excluding hydrogens is 276 g/mol. The Bertz CT molecular complexity index is 279. The van der Waals surface area contributed by atoms with E-state index in [-0.39, 0.29) is 16.4 Å². The van der Waals surface area contributed by atoms with Crippen LogP contribution in [-0.4, -0.2) is 39.6 Å².